The van der Waals surface area contributed by atoms with E-state index in [4.69, 9.17) is 11.6 Å². The number of hydrogen-bond acceptors (Lipinski definition) is 2. The lowest BCUT2D eigenvalue weighted by molar-refractivity contribution is 0.530. The predicted molar refractivity (Wildman–Crippen MR) is 86.5 cm³/mol. The number of halogens is 1. The van der Waals surface area contributed by atoms with E-state index < -0.39 is 0 Å². The predicted octanol–water partition coefficient (Wildman–Crippen LogP) is 4.22. The van der Waals surface area contributed by atoms with E-state index in [0.717, 1.165) is 30.1 Å². The maximum atomic E-state index is 6.50. The zero-order valence-electron chi connectivity index (χ0n) is 12.4. The summed E-state index contributed by atoms with van der Waals surface area (Å²) in [5, 5.41) is 4.45. The fourth-order valence-electron chi connectivity index (χ4n) is 3.16. The van der Waals surface area contributed by atoms with Crippen molar-refractivity contribution in [1.82, 2.24) is 5.32 Å². The number of benzene rings is 1. The molecule has 2 nitrogen and oxygen atoms in total. The van der Waals surface area contributed by atoms with Crippen molar-refractivity contribution in [2.45, 2.75) is 51.6 Å². The van der Waals surface area contributed by atoms with Gasteiger partial charge in [-0.3, -0.25) is 0 Å². The maximum Gasteiger partial charge on any atom is 0.0642 e. The second-order valence-corrected chi connectivity index (χ2v) is 6.74. The Bertz CT molecular complexity index is 456. The number of nitrogens with zero attached hydrogens (tertiary/aromatic N) is 1. The standard InChI is InChI=1S/C17H25ClN2/c1-2-3-13-8-9-20(12-13)17-7-4-14(10-16(17)18)11-19-15-5-6-15/h4,7,10,13,15,19H,2-3,5-6,8-9,11-12H2,1H3. The molecule has 1 atom stereocenters. The molecule has 3 rings (SSSR count). The van der Waals surface area contributed by atoms with Crippen LogP contribution in [0.1, 0.15) is 44.6 Å². The van der Waals surface area contributed by atoms with Crippen LogP contribution in [0.5, 0.6) is 0 Å². The minimum atomic E-state index is 0.752. The summed E-state index contributed by atoms with van der Waals surface area (Å²) >= 11 is 6.50. The normalized spacial score (nSPS) is 22.5. The molecule has 1 aliphatic carbocycles. The van der Waals surface area contributed by atoms with E-state index in [1.807, 2.05) is 0 Å². The van der Waals surface area contributed by atoms with Gasteiger partial charge in [-0.2, -0.15) is 0 Å². The number of anilines is 1. The third-order valence-corrected chi connectivity index (χ3v) is 4.81. The molecule has 1 aromatic rings. The summed E-state index contributed by atoms with van der Waals surface area (Å²) in [6, 6.07) is 7.32. The highest BCUT2D eigenvalue weighted by atomic mass is 35.5. The molecule has 0 radical (unpaired) electrons. The topological polar surface area (TPSA) is 15.3 Å². The Balaban J connectivity index is 1.61. The zero-order valence-corrected chi connectivity index (χ0v) is 13.1. The van der Waals surface area contributed by atoms with E-state index in [2.05, 4.69) is 35.3 Å². The van der Waals surface area contributed by atoms with Crippen LogP contribution in [0.25, 0.3) is 0 Å². The Morgan fingerprint density at radius 2 is 2.15 bits per heavy atom. The second-order valence-electron chi connectivity index (χ2n) is 6.33. The molecule has 0 spiro atoms. The van der Waals surface area contributed by atoms with Crippen LogP contribution in [0.3, 0.4) is 0 Å². The molecule has 1 unspecified atom stereocenters. The van der Waals surface area contributed by atoms with Crippen molar-refractivity contribution >= 4 is 17.3 Å². The van der Waals surface area contributed by atoms with Gasteiger partial charge in [-0.05, 0) is 49.3 Å². The third kappa shape index (κ3) is 3.48. The Labute approximate surface area is 127 Å². The molecule has 20 heavy (non-hydrogen) atoms. The Hall–Kier alpha value is -0.730. The van der Waals surface area contributed by atoms with E-state index in [9.17, 15) is 0 Å². The van der Waals surface area contributed by atoms with Crippen LogP contribution in [0, 0.1) is 5.92 Å². The molecule has 0 amide bonds. The Kier molecular flexibility index (Phi) is 4.52. The highest BCUT2D eigenvalue weighted by Gasteiger charge is 2.23. The first-order chi connectivity index (χ1) is 9.76. The van der Waals surface area contributed by atoms with E-state index in [-0.39, 0.29) is 0 Å². The summed E-state index contributed by atoms with van der Waals surface area (Å²) in [5.41, 5.74) is 2.52. The first kappa shape index (κ1) is 14.2. The van der Waals surface area contributed by atoms with Gasteiger partial charge in [-0.1, -0.05) is 31.0 Å². The van der Waals surface area contributed by atoms with Gasteiger partial charge in [0.25, 0.3) is 0 Å². The lowest BCUT2D eigenvalue weighted by atomic mass is 10.0. The molecule has 1 saturated heterocycles. The lowest BCUT2D eigenvalue weighted by Crippen LogP contribution is -2.20. The maximum absolute atomic E-state index is 6.50. The molecule has 2 fully saturated rings. The summed E-state index contributed by atoms with van der Waals surface area (Å²) in [6.45, 7) is 5.55. The molecule has 1 saturated carbocycles. The van der Waals surface area contributed by atoms with Gasteiger partial charge in [0, 0.05) is 25.7 Å². The summed E-state index contributed by atoms with van der Waals surface area (Å²) in [7, 11) is 0. The average molecular weight is 293 g/mol. The van der Waals surface area contributed by atoms with Crippen molar-refractivity contribution < 1.29 is 0 Å². The van der Waals surface area contributed by atoms with Gasteiger partial charge < -0.3 is 10.2 Å². The van der Waals surface area contributed by atoms with Gasteiger partial charge >= 0.3 is 0 Å². The molecule has 1 N–H and O–H groups in total. The molecule has 1 heterocycles. The quantitative estimate of drug-likeness (QED) is 0.844. The van der Waals surface area contributed by atoms with E-state index in [0.29, 0.717) is 0 Å². The highest BCUT2D eigenvalue weighted by molar-refractivity contribution is 6.33. The van der Waals surface area contributed by atoms with Gasteiger partial charge in [0.05, 0.1) is 10.7 Å². The first-order valence-electron chi connectivity index (χ1n) is 8.03. The van der Waals surface area contributed by atoms with Crippen LogP contribution in [-0.4, -0.2) is 19.1 Å². The summed E-state index contributed by atoms with van der Waals surface area (Å²) < 4.78 is 0. The molecular formula is C17H25ClN2. The van der Waals surface area contributed by atoms with E-state index in [1.165, 1.54) is 49.9 Å². The Morgan fingerprint density at radius 3 is 2.85 bits per heavy atom. The van der Waals surface area contributed by atoms with Crippen LogP contribution in [-0.2, 0) is 6.54 Å². The summed E-state index contributed by atoms with van der Waals surface area (Å²) in [4.78, 5) is 2.46. The fourth-order valence-corrected chi connectivity index (χ4v) is 3.48. The van der Waals surface area contributed by atoms with Crippen molar-refractivity contribution in [3.63, 3.8) is 0 Å². The molecule has 1 aromatic carbocycles. The number of hydrogen-bond donors (Lipinski definition) is 1. The second kappa shape index (κ2) is 6.36. The first-order valence-corrected chi connectivity index (χ1v) is 8.41. The molecule has 110 valence electrons. The minimum Gasteiger partial charge on any atom is -0.370 e. The van der Waals surface area contributed by atoms with Crippen molar-refractivity contribution in [1.29, 1.82) is 0 Å². The van der Waals surface area contributed by atoms with Crippen molar-refractivity contribution in [2.24, 2.45) is 5.92 Å². The fraction of sp³-hybridized carbons (Fsp3) is 0.647. The van der Waals surface area contributed by atoms with Gasteiger partial charge in [0.2, 0.25) is 0 Å². The van der Waals surface area contributed by atoms with Gasteiger partial charge in [0.1, 0.15) is 0 Å². The highest BCUT2D eigenvalue weighted by Crippen LogP contribution is 2.32. The van der Waals surface area contributed by atoms with Crippen LogP contribution < -0.4 is 10.2 Å². The summed E-state index contributed by atoms with van der Waals surface area (Å²) in [5.74, 6) is 0.854. The van der Waals surface area contributed by atoms with Crippen LogP contribution in [0.4, 0.5) is 5.69 Å². The molecule has 1 aliphatic heterocycles. The van der Waals surface area contributed by atoms with Gasteiger partial charge in [0.15, 0.2) is 0 Å². The van der Waals surface area contributed by atoms with Crippen LogP contribution in [0.15, 0.2) is 18.2 Å². The smallest absolute Gasteiger partial charge is 0.0642 e. The largest absolute Gasteiger partial charge is 0.370 e. The Morgan fingerprint density at radius 1 is 1.30 bits per heavy atom. The van der Waals surface area contributed by atoms with Crippen LogP contribution >= 0.6 is 11.6 Å². The van der Waals surface area contributed by atoms with E-state index in [1.54, 1.807) is 0 Å². The van der Waals surface area contributed by atoms with Crippen molar-refractivity contribution in [3.05, 3.63) is 28.8 Å². The van der Waals surface area contributed by atoms with Gasteiger partial charge in [-0.25, -0.2) is 0 Å². The van der Waals surface area contributed by atoms with Crippen molar-refractivity contribution in [2.75, 3.05) is 18.0 Å². The molecule has 0 aromatic heterocycles. The summed E-state index contributed by atoms with van der Waals surface area (Å²) in [6.07, 6.45) is 6.61. The molecule has 3 heteroatoms. The zero-order chi connectivity index (χ0) is 13.9. The minimum absolute atomic E-state index is 0.752. The molecule has 0 bridgehead atoms. The monoisotopic (exact) mass is 292 g/mol. The average Bonchev–Trinajstić information content (AvgIpc) is 3.16. The molecular weight excluding hydrogens is 268 g/mol. The number of nitrogens with one attached hydrogen (secondary N) is 1. The SMILES string of the molecule is CCCC1CCN(c2ccc(CNC3CC3)cc2Cl)C1. The molecule has 2 aliphatic rings. The van der Waals surface area contributed by atoms with Gasteiger partial charge in [-0.15, -0.1) is 0 Å². The van der Waals surface area contributed by atoms with Crippen LogP contribution in [0.2, 0.25) is 5.02 Å². The lowest BCUT2D eigenvalue weighted by Gasteiger charge is -2.20. The number of rotatable bonds is 6. The van der Waals surface area contributed by atoms with E-state index >= 15 is 0 Å². The van der Waals surface area contributed by atoms with Crippen molar-refractivity contribution in [3.8, 4) is 0 Å². The third-order valence-electron chi connectivity index (χ3n) is 4.51.